The van der Waals surface area contributed by atoms with E-state index in [0.29, 0.717) is 17.9 Å². The summed E-state index contributed by atoms with van der Waals surface area (Å²) in [6.07, 6.45) is 0. The van der Waals surface area contributed by atoms with Crippen LogP contribution in [-0.2, 0) is 9.53 Å². The number of benzene rings is 1. The molecule has 0 saturated heterocycles. The van der Waals surface area contributed by atoms with Crippen molar-refractivity contribution in [2.75, 3.05) is 27.8 Å². The van der Waals surface area contributed by atoms with E-state index in [1.807, 2.05) is 0 Å². The van der Waals surface area contributed by atoms with Crippen molar-refractivity contribution in [1.82, 2.24) is 4.90 Å². The molecule has 5 nitrogen and oxygen atoms in total. The van der Waals surface area contributed by atoms with E-state index in [9.17, 15) is 9.59 Å². The lowest BCUT2D eigenvalue weighted by Crippen LogP contribution is -2.34. The first kappa shape index (κ1) is 15.0. The van der Waals surface area contributed by atoms with E-state index in [0.717, 1.165) is 0 Å². The minimum atomic E-state index is -0.350. The van der Waals surface area contributed by atoms with Crippen molar-refractivity contribution >= 4 is 11.9 Å². The number of hydrogen-bond acceptors (Lipinski definition) is 4. The van der Waals surface area contributed by atoms with Gasteiger partial charge in [0.05, 0.1) is 20.1 Å². The number of carbonyl (C=O) groups is 2. The lowest BCUT2D eigenvalue weighted by atomic mass is 10.1. The van der Waals surface area contributed by atoms with Crippen LogP contribution in [-0.4, -0.2) is 44.6 Å². The molecular formula is C14H19NO4. The Hall–Kier alpha value is -2.04. The zero-order valence-electron chi connectivity index (χ0n) is 11.7. The fourth-order valence-corrected chi connectivity index (χ4v) is 1.72. The Labute approximate surface area is 113 Å². The Morgan fingerprint density at radius 3 is 2.26 bits per heavy atom. The maximum Gasteiger partial charge on any atom is 0.310 e. The Morgan fingerprint density at radius 1 is 1.21 bits per heavy atom. The van der Waals surface area contributed by atoms with Crippen LogP contribution >= 0.6 is 0 Å². The van der Waals surface area contributed by atoms with Crippen molar-refractivity contribution in [3.8, 4) is 5.75 Å². The molecule has 0 aliphatic heterocycles. The van der Waals surface area contributed by atoms with Gasteiger partial charge >= 0.3 is 5.97 Å². The summed E-state index contributed by atoms with van der Waals surface area (Å²) in [6.45, 7) is 2.04. The highest BCUT2D eigenvalue weighted by molar-refractivity contribution is 5.94. The van der Waals surface area contributed by atoms with E-state index in [2.05, 4.69) is 4.74 Å². The van der Waals surface area contributed by atoms with Gasteiger partial charge in [0, 0.05) is 19.2 Å². The monoisotopic (exact) mass is 265 g/mol. The molecule has 0 bridgehead atoms. The predicted molar refractivity (Wildman–Crippen MR) is 71.1 cm³/mol. The van der Waals surface area contributed by atoms with Gasteiger partial charge in [-0.3, -0.25) is 9.59 Å². The molecule has 0 spiro atoms. The van der Waals surface area contributed by atoms with Crippen LogP contribution in [0.3, 0.4) is 0 Å². The molecule has 1 amide bonds. The molecule has 0 heterocycles. The van der Waals surface area contributed by atoms with E-state index in [4.69, 9.17) is 4.74 Å². The summed E-state index contributed by atoms with van der Waals surface area (Å²) in [5, 5.41) is 0. The van der Waals surface area contributed by atoms with Crippen molar-refractivity contribution in [3.05, 3.63) is 29.8 Å². The fourth-order valence-electron chi connectivity index (χ4n) is 1.72. The van der Waals surface area contributed by atoms with Crippen LogP contribution in [0.15, 0.2) is 24.3 Å². The molecule has 0 N–H and O–H groups in total. The van der Waals surface area contributed by atoms with E-state index in [1.54, 1.807) is 45.3 Å². The molecule has 0 fully saturated rings. The second-order valence-electron chi connectivity index (χ2n) is 4.34. The van der Waals surface area contributed by atoms with Crippen LogP contribution in [0.1, 0.15) is 17.3 Å². The largest absolute Gasteiger partial charge is 0.497 e. The van der Waals surface area contributed by atoms with Crippen molar-refractivity contribution < 1.29 is 19.1 Å². The number of hydrogen-bond donors (Lipinski definition) is 0. The molecule has 0 saturated carbocycles. The molecule has 19 heavy (non-hydrogen) atoms. The third-order valence-electron chi connectivity index (χ3n) is 2.83. The van der Waals surface area contributed by atoms with Gasteiger partial charge in [0.2, 0.25) is 0 Å². The van der Waals surface area contributed by atoms with Gasteiger partial charge in [0.1, 0.15) is 5.75 Å². The third-order valence-corrected chi connectivity index (χ3v) is 2.83. The van der Waals surface area contributed by atoms with Crippen LogP contribution in [0.25, 0.3) is 0 Å². The average Bonchev–Trinajstić information content (AvgIpc) is 2.45. The van der Waals surface area contributed by atoms with Gasteiger partial charge in [-0.25, -0.2) is 0 Å². The number of esters is 1. The normalized spacial score (nSPS) is 11.6. The number of methoxy groups -OCH3 is 2. The number of carbonyl (C=O) groups excluding carboxylic acids is 2. The second-order valence-corrected chi connectivity index (χ2v) is 4.34. The van der Waals surface area contributed by atoms with Crippen LogP contribution in [0.5, 0.6) is 5.75 Å². The quantitative estimate of drug-likeness (QED) is 0.758. The van der Waals surface area contributed by atoms with Crippen LogP contribution < -0.4 is 4.74 Å². The smallest absolute Gasteiger partial charge is 0.310 e. The molecule has 104 valence electrons. The molecular weight excluding hydrogens is 246 g/mol. The Kier molecular flexibility index (Phi) is 5.36. The highest BCUT2D eigenvalue weighted by Crippen LogP contribution is 2.13. The van der Waals surface area contributed by atoms with Crippen LogP contribution in [0, 0.1) is 5.92 Å². The summed E-state index contributed by atoms with van der Waals surface area (Å²) in [7, 11) is 4.57. The summed E-state index contributed by atoms with van der Waals surface area (Å²) >= 11 is 0. The first-order valence-electron chi connectivity index (χ1n) is 5.97. The zero-order chi connectivity index (χ0) is 14.4. The Balaban J connectivity index is 2.68. The summed E-state index contributed by atoms with van der Waals surface area (Å²) in [6, 6.07) is 6.84. The van der Waals surface area contributed by atoms with Gasteiger partial charge in [-0.1, -0.05) is 6.92 Å². The van der Waals surface area contributed by atoms with Crippen molar-refractivity contribution in [2.45, 2.75) is 6.92 Å². The van der Waals surface area contributed by atoms with Gasteiger partial charge in [-0.15, -0.1) is 0 Å². The maximum absolute atomic E-state index is 12.1. The molecule has 1 unspecified atom stereocenters. The van der Waals surface area contributed by atoms with Crippen molar-refractivity contribution in [2.24, 2.45) is 5.92 Å². The summed E-state index contributed by atoms with van der Waals surface area (Å²) in [5.74, 6) is -0.118. The van der Waals surface area contributed by atoms with E-state index in [1.165, 1.54) is 12.0 Å². The van der Waals surface area contributed by atoms with Gasteiger partial charge < -0.3 is 14.4 Å². The number of ether oxygens (including phenoxy) is 2. The Bertz CT molecular complexity index is 441. The minimum Gasteiger partial charge on any atom is -0.497 e. The highest BCUT2D eigenvalue weighted by Gasteiger charge is 2.19. The number of nitrogens with zero attached hydrogens (tertiary/aromatic N) is 1. The van der Waals surface area contributed by atoms with E-state index >= 15 is 0 Å². The minimum absolute atomic E-state index is 0.140. The second kappa shape index (κ2) is 6.78. The topological polar surface area (TPSA) is 55.8 Å². The predicted octanol–water partition coefficient (Wildman–Crippen LogP) is 1.58. The molecule has 1 aromatic rings. The summed E-state index contributed by atoms with van der Waals surface area (Å²) in [4.78, 5) is 24.9. The molecule has 5 heteroatoms. The molecule has 1 atom stereocenters. The van der Waals surface area contributed by atoms with Gasteiger partial charge in [-0.05, 0) is 24.3 Å². The van der Waals surface area contributed by atoms with Crippen LogP contribution in [0.4, 0.5) is 0 Å². The molecule has 0 aliphatic rings. The zero-order valence-corrected chi connectivity index (χ0v) is 11.7. The number of amides is 1. The van der Waals surface area contributed by atoms with Crippen LogP contribution in [0.2, 0.25) is 0 Å². The molecule has 0 aliphatic carbocycles. The average molecular weight is 265 g/mol. The lowest BCUT2D eigenvalue weighted by Gasteiger charge is -2.20. The fraction of sp³-hybridized carbons (Fsp3) is 0.429. The van der Waals surface area contributed by atoms with E-state index < -0.39 is 0 Å². The SMILES string of the molecule is COC(=O)C(C)CN(C)C(=O)c1ccc(OC)cc1. The first-order valence-corrected chi connectivity index (χ1v) is 5.97. The third kappa shape index (κ3) is 3.98. The maximum atomic E-state index is 12.1. The summed E-state index contributed by atoms with van der Waals surface area (Å²) < 4.78 is 9.67. The molecule has 1 rings (SSSR count). The Morgan fingerprint density at radius 2 is 1.79 bits per heavy atom. The standard InChI is InChI=1S/C14H19NO4/c1-10(14(17)19-4)9-15(2)13(16)11-5-7-12(18-3)8-6-11/h5-8,10H,9H2,1-4H3. The highest BCUT2D eigenvalue weighted by atomic mass is 16.5. The van der Waals surface area contributed by atoms with Gasteiger partial charge in [0.25, 0.3) is 5.91 Å². The number of rotatable bonds is 5. The lowest BCUT2D eigenvalue weighted by molar-refractivity contribution is -0.145. The van der Waals surface area contributed by atoms with Gasteiger partial charge in [0.15, 0.2) is 0 Å². The van der Waals surface area contributed by atoms with E-state index in [-0.39, 0.29) is 17.8 Å². The molecule has 0 radical (unpaired) electrons. The van der Waals surface area contributed by atoms with Gasteiger partial charge in [-0.2, -0.15) is 0 Å². The summed E-state index contributed by atoms with van der Waals surface area (Å²) in [5.41, 5.74) is 0.556. The molecule has 1 aromatic carbocycles. The molecule has 0 aromatic heterocycles. The van der Waals surface area contributed by atoms with Crippen molar-refractivity contribution in [3.63, 3.8) is 0 Å². The first-order chi connectivity index (χ1) is 8.99. The van der Waals surface area contributed by atoms with Crippen molar-refractivity contribution in [1.29, 1.82) is 0 Å².